The number of benzene rings is 1. The standard InChI is InChI=1S/C12H14O2/c1-12(7-8-13-9-10-14-12)11-5-3-2-4-6-11/h2-8H,9-10H2,1H3. The van der Waals surface area contributed by atoms with E-state index in [1.54, 1.807) is 6.26 Å². The lowest BCUT2D eigenvalue weighted by atomic mass is 9.96. The fourth-order valence-corrected chi connectivity index (χ4v) is 1.54. The molecule has 0 aliphatic carbocycles. The highest BCUT2D eigenvalue weighted by atomic mass is 16.5. The fraction of sp³-hybridized carbons (Fsp3) is 0.333. The summed E-state index contributed by atoms with van der Waals surface area (Å²) in [6.45, 7) is 3.30. The summed E-state index contributed by atoms with van der Waals surface area (Å²) >= 11 is 0. The summed E-state index contributed by atoms with van der Waals surface area (Å²) in [5.74, 6) is 0. The van der Waals surface area contributed by atoms with Crippen LogP contribution in [0, 0.1) is 0 Å². The Balaban J connectivity index is 2.30. The van der Waals surface area contributed by atoms with E-state index in [0.29, 0.717) is 13.2 Å². The average molecular weight is 190 g/mol. The molecule has 1 aromatic rings. The van der Waals surface area contributed by atoms with Gasteiger partial charge in [0.2, 0.25) is 0 Å². The Morgan fingerprint density at radius 3 is 2.71 bits per heavy atom. The zero-order chi connectivity index (χ0) is 9.86. The van der Waals surface area contributed by atoms with Crippen LogP contribution in [0.4, 0.5) is 0 Å². The van der Waals surface area contributed by atoms with Gasteiger partial charge in [0.25, 0.3) is 0 Å². The van der Waals surface area contributed by atoms with Crippen LogP contribution >= 0.6 is 0 Å². The molecule has 2 heteroatoms. The molecule has 0 spiro atoms. The van der Waals surface area contributed by atoms with E-state index in [1.807, 2.05) is 31.2 Å². The number of rotatable bonds is 1. The van der Waals surface area contributed by atoms with Gasteiger partial charge in [-0.3, -0.25) is 0 Å². The third kappa shape index (κ3) is 1.80. The predicted octanol–water partition coefficient (Wildman–Crippen LogP) is 2.46. The molecule has 1 aliphatic heterocycles. The maximum absolute atomic E-state index is 5.76. The zero-order valence-electron chi connectivity index (χ0n) is 8.27. The topological polar surface area (TPSA) is 18.5 Å². The summed E-state index contributed by atoms with van der Waals surface area (Å²) < 4.78 is 11.0. The van der Waals surface area contributed by atoms with Gasteiger partial charge in [-0.25, -0.2) is 0 Å². The summed E-state index contributed by atoms with van der Waals surface area (Å²) in [6, 6.07) is 10.2. The van der Waals surface area contributed by atoms with Crippen molar-refractivity contribution in [2.75, 3.05) is 13.2 Å². The van der Waals surface area contributed by atoms with E-state index in [0.717, 1.165) is 5.56 Å². The molecule has 0 amide bonds. The lowest BCUT2D eigenvalue weighted by molar-refractivity contribution is -0.00506. The summed E-state index contributed by atoms with van der Waals surface area (Å²) in [6.07, 6.45) is 3.68. The van der Waals surface area contributed by atoms with Gasteiger partial charge >= 0.3 is 0 Å². The van der Waals surface area contributed by atoms with Crippen LogP contribution in [-0.4, -0.2) is 13.2 Å². The van der Waals surface area contributed by atoms with Crippen molar-refractivity contribution >= 4 is 0 Å². The first kappa shape index (κ1) is 9.28. The normalized spacial score (nSPS) is 26.6. The smallest absolute Gasteiger partial charge is 0.112 e. The molecule has 0 radical (unpaired) electrons. The maximum Gasteiger partial charge on any atom is 0.112 e. The molecule has 2 rings (SSSR count). The van der Waals surface area contributed by atoms with Crippen LogP contribution in [0.2, 0.25) is 0 Å². The Morgan fingerprint density at radius 2 is 1.93 bits per heavy atom. The summed E-state index contributed by atoms with van der Waals surface area (Å²) in [4.78, 5) is 0. The quantitative estimate of drug-likeness (QED) is 0.677. The SMILES string of the molecule is CC1(c2ccccc2)C=COCCO1. The molecule has 0 saturated carbocycles. The highest BCUT2D eigenvalue weighted by molar-refractivity contribution is 5.26. The molecule has 1 heterocycles. The Morgan fingerprint density at radius 1 is 1.14 bits per heavy atom. The molecule has 0 aromatic heterocycles. The minimum absolute atomic E-state index is 0.349. The molecule has 74 valence electrons. The van der Waals surface area contributed by atoms with Gasteiger partial charge in [-0.2, -0.15) is 0 Å². The van der Waals surface area contributed by atoms with Crippen LogP contribution in [0.25, 0.3) is 0 Å². The van der Waals surface area contributed by atoms with Crippen LogP contribution in [0.15, 0.2) is 42.7 Å². The fourth-order valence-electron chi connectivity index (χ4n) is 1.54. The second-order valence-electron chi connectivity index (χ2n) is 3.50. The molecule has 1 unspecified atom stereocenters. The molecular formula is C12H14O2. The van der Waals surface area contributed by atoms with Gasteiger partial charge in [-0.05, 0) is 18.6 Å². The van der Waals surface area contributed by atoms with Gasteiger partial charge in [0.15, 0.2) is 0 Å². The van der Waals surface area contributed by atoms with Crippen molar-refractivity contribution in [3.8, 4) is 0 Å². The van der Waals surface area contributed by atoms with E-state index in [2.05, 4.69) is 12.1 Å². The third-order valence-corrected chi connectivity index (χ3v) is 2.43. The number of ether oxygens (including phenoxy) is 2. The monoisotopic (exact) mass is 190 g/mol. The molecule has 14 heavy (non-hydrogen) atoms. The van der Waals surface area contributed by atoms with Crippen LogP contribution in [0.5, 0.6) is 0 Å². The largest absolute Gasteiger partial charge is 0.499 e. The van der Waals surface area contributed by atoms with Gasteiger partial charge in [-0.15, -0.1) is 0 Å². The first-order valence-electron chi connectivity index (χ1n) is 4.80. The van der Waals surface area contributed by atoms with Crippen LogP contribution < -0.4 is 0 Å². The van der Waals surface area contributed by atoms with Crippen molar-refractivity contribution in [3.05, 3.63) is 48.2 Å². The summed E-state index contributed by atoms with van der Waals surface area (Å²) in [5.41, 5.74) is 0.805. The number of hydrogen-bond acceptors (Lipinski definition) is 2. The van der Waals surface area contributed by atoms with E-state index in [-0.39, 0.29) is 5.60 Å². The minimum Gasteiger partial charge on any atom is -0.499 e. The molecule has 1 aliphatic rings. The molecular weight excluding hydrogens is 176 g/mol. The Bertz CT molecular complexity index is 318. The van der Waals surface area contributed by atoms with E-state index < -0.39 is 0 Å². The van der Waals surface area contributed by atoms with Gasteiger partial charge in [0, 0.05) is 0 Å². The first-order chi connectivity index (χ1) is 6.81. The third-order valence-electron chi connectivity index (χ3n) is 2.43. The summed E-state index contributed by atoms with van der Waals surface area (Å²) in [5, 5.41) is 0. The van der Waals surface area contributed by atoms with Gasteiger partial charge in [-0.1, -0.05) is 30.3 Å². The molecule has 0 N–H and O–H groups in total. The molecule has 1 aromatic carbocycles. The van der Waals surface area contributed by atoms with Crippen molar-refractivity contribution in [1.29, 1.82) is 0 Å². The number of hydrogen-bond donors (Lipinski definition) is 0. The Labute approximate surface area is 84.2 Å². The van der Waals surface area contributed by atoms with Crippen LogP contribution in [0.3, 0.4) is 0 Å². The van der Waals surface area contributed by atoms with E-state index >= 15 is 0 Å². The van der Waals surface area contributed by atoms with E-state index in [1.165, 1.54) is 0 Å². The van der Waals surface area contributed by atoms with E-state index in [4.69, 9.17) is 9.47 Å². The maximum atomic E-state index is 5.76. The summed E-state index contributed by atoms with van der Waals surface area (Å²) in [7, 11) is 0. The second kappa shape index (κ2) is 3.84. The van der Waals surface area contributed by atoms with Crippen molar-refractivity contribution in [1.82, 2.24) is 0 Å². The molecule has 2 nitrogen and oxygen atoms in total. The Kier molecular flexibility index (Phi) is 2.55. The lowest BCUT2D eigenvalue weighted by Crippen LogP contribution is -2.23. The first-order valence-corrected chi connectivity index (χ1v) is 4.80. The average Bonchev–Trinajstić information content (AvgIpc) is 2.46. The van der Waals surface area contributed by atoms with Crippen LogP contribution in [-0.2, 0) is 15.1 Å². The minimum atomic E-state index is -0.349. The highest BCUT2D eigenvalue weighted by Crippen LogP contribution is 2.27. The molecule has 0 bridgehead atoms. The van der Waals surface area contributed by atoms with Crippen molar-refractivity contribution in [2.24, 2.45) is 0 Å². The van der Waals surface area contributed by atoms with Gasteiger partial charge < -0.3 is 9.47 Å². The highest BCUT2D eigenvalue weighted by Gasteiger charge is 2.25. The van der Waals surface area contributed by atoms with Crippen LogP contribution in [0.1, 0.15) is 12.5 Å². The zero-order valence-corrected chi connectivity index (χ0v) is 8.27. The van der Waals surface area contributed by atoms with E-state index in [9.17, 15) is 0 Å². The molecule has 0 saturated heterocycles. The van der Waals surface area contributed by atoms with Crippen molar-refractivity contribution in [2.45, 2.75) is 12.5 Å². The van der Waals surface area contributed by atoms with Gasteiger partial charge in [0.1, 0.15) is 12.2 Å². The Hall–Kier alpha value is -1.28. The van der Waals surface area contributed by atoms with Crippen molar-refractivity contribution < 1.29 is 9.47 Å². The van der Waals surface area contributed by atoms with Crippen molar-refractivity contribution in [3.63, 3.8) is 0 Å². The van der Waals surface area contributed by atoms with Gasteiger partial charge in [0.05, 0.1) is 12.9 Å². The molecule has 1 atom stereocenters. The second-order valence-corrected chi connectivity index (χ2v) is 3.50. The molecule has 0 fully saturated rings. The lowest BCUT2D eigenvalue weighted by Gasteiger charge is -2.25. The predicted molar refractivity (Wildman–Crippen MR) is 54.8 cm³/mol.